The Hall–Kier alpha value is -3.15. The quantitative estimate of drug-likeness (QED) is 0.814. The van der Waals surface area contributed by atoms with Crippen molar-refractivity contribution in [1.29, 1.82) is 0 Å². The van der Waals surface area contributed by atoms with Crippen LogP contribution in [-0.2, 0) is 22.6 Å². The number of hydrogen-bond acceptors (Lipinski definition) is 3. The van der Waals surface area contributed by atoms with E-state index in [1.165, 1.54) is 5.56 Å². The highest BCUT2D eigenvalue weighted by Crippen LogP contribution is 2.25. The van der Waals surface area contributed by atoms with Crippen molar-refractivity contribution in [1.82, 2.24) is 10.2 Å². The average Bonchev–Trinajstić information content (AvgIpc) is 3.00. The van der Waals surface area contributed by atoms with Crippen LogP contribution in [0, 0.1) is 0 Å². The van der Waals surface area contributed by atoms with Gasteiger partial charge in [0.2, 0.25) is 5.91 Å². The van der Waals surface area contributed by atoms with E-state index in [1.807, 2.05) is 30.3 Å². The molecule has 2 aromatic carbocycles. The van der Waals surface area contributed by atoms with Crippen molar-refractivity contribution in [2.45, 2.75) is 45.2 Å². The van der Waals surface area contributed by atoms with E-state index in [1.54, 1.807) is 17.0 Å². The molecule has 2 aromatic rings. The number of amides is 4. The molecule has 150 valence electrons. The van der Waals surface area contributed by atoms with E-state index in [9.17, 15) is 14.4 Å². The molecule has 2 aliphatic rings. The molecule has 1 saturated heterocycles. The zero-order valence-electron chi connectivity index (χ0n) is 16.7. The van der Waals surface area contributed by atoms with Gasteiger partial charge in [0, 0.05) is 13.1 Å². The highest BCUT2D eigenvalue weighted by Gasteiger charge is 2.40. The molecule has 1 unspecified atom stereocenters. The summed E-state index contributed by atoms with van der Waals surface area (Å²) in [5, 5.41) is 2.67. The molecule has 0 radical (unpaired) electrons. The first-order chi connectivity index (χ1) is 13.9. The number of fused-ring (bicyclic) bond motifs is 1. The highest BCUT2D eigenvalue weighted by atomic mass is 16.2. The van der Waals surface area contributed by atoms with Gasteiger partial charge in [0.1, 0.15) is 6.04 Å². The molecule has 1 N–H and O–H groups in total. The van der Waals surface area contributed by atoms with Crippen molar-refractivity contribution in [3.05, 3.63) is 65.2 Å². The monoisotopic (exact) mass is 391 g/mol. The highest BCUT2D eigenvalue weighted by molar-refractivity contribution is 6.22. The molecule has 0 bridgehead atoms. The predicted molar refractivity (Wildman–Crippen MR) is 111 cm³/mol. The van der Waals surface area contributed by atoms with Crippen molar-refractivity contribution in [2.75, 3.05) is 11.4 Å². The van der Waals surface area contributed by atoms with Crippen molar-refractivity contribution in [2.24, 2.45) is 0 Å². The Bertz CT molecular complexity index is 952. The lowest BCUT2D eigenvalue weighted by Crippen LogP contribution is -2.41. The van der Waals surface area contributed by atoms with Crippen molar-refractivity contribution >= 4 is 23.5 Å². The standard InChI is InChI=1S/C23H25N3O3/c1-15(2)16-7-9-19(10-8-16)26-22(28)20(24-23(26)29)13-21(27)25-12-11-17-5-3-4-6-18(17)14-25/h3-10,15,20H,11-14H2,1-2H3,(H,24,29). The van der Waals surface area contributed by atoms with Crippen molar-refractivity contribution in [3.8, 4) is 0 Å². The molecule has 4 amide bonds. The van der Waals surface area contributed by atoms with Crippen LogP contribution in [0.2, 0.25) is 0 Å². The normalized spacial score (nSPS) is 18.8. The number of carbonyl (C=O) groups excluding carboxylic acids is 3. The lowest BCUT2D eigenvalue weighted by molar-refractivity contribution is -0.134. The second kappa shape index (κ2) is 7.70. The maximum Gasteiger partial charge on any atom is 0.329 e. The zero-order valence-corrected chi connectivity index (χ0v) is 16.7. The number of rotatable bonds is 4. The number of benzene rings is 2. The summed E-state index contributed by atoms with van der Waals surface area (Å²) < 4.78 is 0. The van der Waals surface area contributed by atoms with E-state index in [0.29, 0.717) is 24.7 Å². The number of hydrogen-bond donors (Lipinski definition) is 1. The molecule has 0 spiro atoms. The van der Waals surface area contributed by atoms with E-state index >= 15 is 0 Å². The van der Waals surface area contributed by atoms with Gasteiger partial charge in [-0.05, 0) is 41.2 Å². The minimum atomic E-state index is -0.822. The van der Waals surface area contributed by atoms with Gasteiger partial charge in [-0.3, -0.25) is 9.59 Å². The Morgan fingerprint density at radius 1 is 1.07 bits per heavy atom. The number of urea groups is 1. The van der Waals surface area contributed by atoms with Gasteiger partial charge in [0.05, 0.1) is 12.1 Å². The van der Waals surface area contributed by atoms with Gasteiger partial charge in [-0.1, -0.05) is 50.2 Å². The summed E-state index contributed by atoms with van der Waals surface area (Å²) in [5.41, 5.74) is 4.07. The van der Waals surface area contributed by atoms with E-state index in [4.69, 9.17) is 0 Å². The van der Waals surface area contributed by atoms with Crippen LogP contribution in [0.3, 0.4) is 0 Å². The Morgan fingerprint density at radius 2 is 1.76 bits per heavy atom. The SMILES string of the molecule is CC(C)c1ccc(N2C(=O)NC(CC(=O)N3CCc4ccccc4C3)C2=O)cc1. The van der Waals surface area contributed by atoms with Crippen LogP contribution in [0.15, 0.2) is 48.5 Å². The van der Waals surface area contributed by atoms with E-state index < -0.39 is 12.1 Å². The van der Waals surface area contributed by atoms with Gasteiger partial charge in [0.15, 0.2) is 0 Å². The second-order valence-corrected chi connectivity index (χ2v) is 7.96. The number of carbonyl (C=O) groups is 3. The fourth-order valence-electron chi connectivity index (χ4n) is 3.93. The fraction of sp³-hybridized carbons (Fsp3) is 0.348. The lowest BCUT2D eigenvalue weighted by atomic mass is 9.99. The summed E-state index contributed by atoms with van der Waals surface area (Å²) in [4.78, 5) is 40.9. The third-order valence-electron chi connectivity index (χ3n) is 5.70. The number of anilines is 1. The van der Waals surface area contributed by atoms with Crippen LogP contribution < -0.4 is 10.2 Å². The lowest BCUT2D eigenvalue weighted by Gasteiger charge is -2.29. The first-order valence-electron chi connectivity index (χ1n) is 10.0. The number of nitrogens with zero attached hydrogens (tertiary/aromatic N) is 2. The van der Waals surface area contributed by atoms with Gasteiger partial charge in [-0.25, -0.2) is 9.69 Å². The molecule has 2 heterocycles. The van der Waals surface area contributed by atoms with Gasteiger partial charge >= 0.3 is 6.03 Å². The van der Waals surface area contributed by atoms with Crippen LogP contribution >= 0.6 is 0 Å². The van der Waals surface area contributed by atoms with Crippen LogP contribution in [0.5, 0.6) is 0 Å². The summed E-state index contributed by atoms with van der Waals surface area (Å²) in [5.74, 6) is -0.125. The van der Waals surface area contributed by atoms with E-state index in [2.05, 4.69) is 25.2 Å². The molecule has 1 atom stereocenters. The van der Waals surface area contributed by atoms with Gasteiger partial charge in [0.25, 0.3) is 5.91 Å². The van der Waals surface area contributed by atoms with Crippen molar-refractivity contribution < 1.29 is 14.4 Å². The molecule has 6 heteroatoms. The number of nitrogens with one attached hydrogen (secondary N) is 1. The van der Waals surface area contributed by atoms with Crippen LogP contribution in [0.1, 0.15) is 42.9 Å². The second-order valence-electron chi connectivity index (χ2n) is 7.96. The smallest absolute Gasteiger partial charge is 0.329 e. The van der Waals surface area contributed by atoms with Crippen molar-refractivity contribution in [3.63, 3.8) is 0 Å². The van der Waals surface area contributed by atoms with Crippen LogP contribution in [0.25, 0.3) is 0 Å². The number of imide groups is 1. The Balaban J connectivity index is 1.43. The van der Waals surface area contributed by atoms with Gasteiger partial charge < -0.3 is 10.2 Å². The molecular weight excluding hydrogens is 366 g/mol. The summed E-state index contributed by atoms with van der Waals surface area (Å²) in [6.07, 6.45) is 0.786. The zero-order chi connectivity index (χ0) is 20.5. The van der Waals surface area contributed by atoms with E-state index in [0.717, 1.165) is 22.4 Å². The summed E-state index contributed by atoms with van der Waals surface area (Å²) >= 11 is 0. The third kappa shape index (κ3) is 3.75. The third-order valence-corrected chi connectivity index (χ3v) is 5.70. The molecule has 0 aliphatic carbocycles. The van der Waals surface area contributed by atoms with Gasteiger partial charge in [-0.2, -0.15) is 0 Å². The minimum Gasteiger partial charge on any atom is -0.338 e. The average molecular weight is 391 g/mol. The summed E-state index contributed by atoms with van der Waals surface area (Å²) in [7, 11) is 0. The molecule has 1 fully saturated rings. The first kappa shape index (κ1) is 19.2. The Labute approximate surface area is 170 Å². The maximum absolute atomic E-state index is 12.8. The molecular formula is C23H25N3O3. The fourth-order valence-corrected chi connectivity index (χ4v) is 3.93. The van der Waals surface area contributed by atoms with Crippen LogP contribution in [-0.4, -0.2) is 35.3 Å². The topological polar surface area (TPSA) is 69.7 Å². The predicted octanol–water partition coefficient (Wildman–Crippen LogP) is 3.21. The molecule has 6 nitrogen and oxygen atoms in total. The Kier molecular flexibility index (Phi) is 5.09. The largest absolute Gasteiger partial charge is 0.338 e. The summed E-state index contributed by atoms with van der Waals surface area (Å²) in [6.45, 7) is 5.35. The van der Waals surface area contributed by atoms with Gasteiger partial charge in [-0.15, -0.1) is 0 Å². The molecule has 29 heavy (non-hydrogen) atoms. The maximum atomic E-state index is 12.8. The Morgan fingerprint density at radius 3 is 2.45 bits per heavy atom. The first-order valence-corrected chi connectivity index (χ1v) is 10.0. The molecule has 0 aromatic heterocycles. The van der Waals surface area contributed by atoms with E-state index in [-0.39, 0.29) is 18.2 Å². The molecule has 2 aliphatic heterocycles. The molecule has 4 rings (SSSR count). The molecule has 0 saturated carbocycles. The summed E-state index contributed by atoms with van der Waals surface area (Å²) in [6, 6.07) is 14.2. The van der Waals surface area contributed by atoms with Crippen LogP contribution in [0.4, 0.5) is 10.5 Å². The minimum absolute atomic E-state index is 0.0205.